The normalized spacial score (nSPS) is 20.3. The maximum atomic E-state index is 8.49. The van der Waals surface area contributed by atoms with E-state index in [9.17, 15) is 0 Å². The van der Waals surface area contributed by atoms with Gasteiger partial charge in [-0.15, -0.1) is 20.5 Å². The van der Waals surface area contributed by atoms with Crippen molar-refractivity contribution in [3.8, 4) is 0 Å². The molecular weight excluding hydrogens is 487 g/mol. The summed E-state index contributed by atoms with van der Waals surface area (Å²) < 4.78 is 67.9. The fourth-order valence-electron chi connectivity index (χ4n) is 2.35. The summed E-state index contributed by atoms with van der Waals surface area (Å²) in [6.07, 6.45) is 2.56. The van der Waals surface area contributed by atoms with Gasteiger partial charge in [0.15, 0.2) is 0 Å². The monoisotopic (exact) mass is 517 g/mol. The molecule has 0 aromatic rings. The molecule has 0 N–H and O–H groups in total. The molecule has 0 atom stereocenters. The smallest absolute Gasteiger partial charge is 0.305 e. The second-order valence-electron chi connectivity index (χ2n) is 6.68. The molecule has 1 heterocycles. The Morgan fingerprint density at radius 1 is 0.414 bits per heavy atom. The fraction of sp³-hybridized carbons (Fsp3) is 1.00. The zero-order valence-corrected chi connectivity index (χ0v) is 19.6. The largest absolute Gasteiger partial charge is 2.00 e. The summed E-state index contributed by atoms with van der Waals surface area (Å²) in [7, 11) is -0.915. The molecule has 15 heteroatoms. The second kappa shape index (κ2) is 18.2. The van der Waals surface area contributed by atoms with Gasteiger partial charge in [0.2, 0.25) is 0 Å². The van der Waals surface area contributed by atoms with Gasteiger partial charge in [-0.3, -0.25) is 0 Å². The van der Waals surface area contributed by atoms with Gasteiger partial charge >= 0.3 is 17.1 Å². The summed E-state index contributed by atoms with van der Waals surface area (Å²) in [6.45, 7) is 9.63. The van der Waals surface area contributed by atoms with Crippen LogP contribution in [0.5, 0.6) is 0 Å². The van der Waals surface area contributed by atoms with Crippen LogP contribution in [0.15, 0.2) is 0 Å². The first-order valence-corrected chi connectivity index (χ1v) is 11.0. The predicted molar refractivity (Wildman–Crippen MR) is 79.2 cm³/mol. The number of halogens is 2. The molecule has 0 bridgehead atoms. The molecule has 1 radical (unpaired) electrons. The molecule has 1 fully saturated rings. The van der Waals surface area contributed by atoms with Crippen molar-refractivity contribution in [3.05, 3.63) is 0 Å². The van der Waals surface area contributed by atoms with Gasteiger partial charge in [-0.2, -0.15) is 0 Å². The molecule has 181 valence electrons. The van der Waals surface area contributed by atoms with E-state index in [0.29, 0.717) is 0 Å². The molecule has 0 spiro atoms. The minimum absolute atomic E-state index is 0. The van der Waals surface area contributed by atoms with E-state index >= 15 is 0 Å². The molecule has 29 heavy (non-hydrogen) atoms. The van der Waals surface area contributed by atoms with Crippen molar-refractivity contribution < 1.29 is 74.8 Å². The van der Waals surface area contributed by atoms with Gasteiger partial charge in [-0.1, -0.05) is 0 Å². The van der Waals surface area contributed by atoms with Gasteiger partial charge in [-0.25, -0.2) is 37.3 Å². The summed E-state index contributed by atoms with van der Waals surface area (Å²) >= 11 is 0. The van der Waals surface area contributed by atoms with Gasteiger partial charge < -0.3 is 19.6 Å². The van der Waals surface area contributed by atoms with Crippen molar-refractivity contribution in [1.29, 1.82) is 0 Å². The van der Waals surface area contributed by atoms with Crippen LogP contribution in [0.4, 0.5) is 0 Å². The number of rotatable bonds is 0. The van der Waals surface area contributed by atoms with Crippen molar-refractivity contribution >= 4 is 0 Å². The van der Waals surface area contributed by atoms with Crippen LogP contribution >= 0.6 is 0 Å². The SMILES string of the molecule is CN1CCCN(C)CCN(C)CCCN(C)CC1.[Cu+2].[O-][Cl+3]([O-])([O-])[O-].[O-][Cl+3]([O-])([O-])[O-]. The first-order valence-electron chi connectivity index (χ1n) is 8.55. The van der Waals surface area contributed by atoms with Gasteiger partial charge in [-0.05, 0) is 67.2 Å². The predicted octanol–water partition coefficient (Wildman–Crippen LogP) is -9.01. The maximum Gasteiger partial charge on any atom is 2.00 e. The van der Waals surface area contributed by atoms with E-state index in [1.807, 2.05) is 0 Å². The Bertz CT molecular complexity index is 315. The van der Waals surface area contributed by atoms with Gasteiger partial charge in [0, 0.05) is 26.2 Å². The van der Waals surface area contributed by atoms with Gasteiger partial charge in [0.25, 0.3) is 0 Å². The zero-order chi connectivity index (χ0) is 22.4. The third-order valence-electron chi connectivity index (χ3n) is 3.89. The summed E-state index contributed by atoms with van der Waals surface area (Å²) in [6, 6.07) is 0. The van der Waals surface area contributed by atoms with E-state index in [4.69, 9.17) is 37.3 Å². The molecule has 1 saturated heterocycles. The molecule has 0 amide bonds. The number of nitrogens with zero attached hydrogens (tertiary/aromatic N) is 4. The van der Waals surface area contributed by atoms with Crippen molar-refractivity contribution in [2.24, 2.45) is 0 Å². The van der Waals surface area contributed by atoms with Crippen LogP contribution < -0.4 is 37.3 Å². The number of hydrogen-bond donors (Lipinski definition) is 0. The molecule has 1 aliphatic rings. The molecule has 0 saturated carbocycles. The molecular formula is C14H32Cl2CuN4O8. The number of likely N-dealkylation sites (N-methyl/N-ethyl adjacent to an activating group) is 4. The molecule has 0 aromatic carbocycles. The zero-order valence-electron chi connectivity index (χ0n) is 17.2. The molecule has 0 aliphatic carbocycles. The van der Waals surface area contributed by atoms with E-state index in [2.05, 4.69) is 47.8 Å². The molecule has 0 aromatic heterocycles. The Kier molecular flexibility index (Phi) is 21.5. The van der Waals surface area contributed by atoms with E-state index in [0.717, 1.165) is 0 Å². The van der Waals surface area contributed by atoms with Crippen LogP contribution in [-0.2, 0) is 17.1 Å². The molecule has 12 nitrogen and oxygen atoms in total. The molecule has 1 rings (SSSR count). The standard InChI is InChI=1S/C14H32N4.2ClHO4.Cu/c1-15-7-5-8-17(3)13-14-18(4)10-6-9-16(2)12-11-15;2*2-1(3,4)5;/h5-14H2,1-4H3;2*(H,2,3,4,5);/q;;;+2/p-2. The van der Waals surface area contributed by atoms with E-state index < -0.39 is 20.5 Å². The van der Waals surface area contributed by atoms with Crippen LogP contribution in [0.3, 0.4) is 0 Å². The summed E-state index contributed by atoms with van der Waals surface area (Å²) in [5.41, 5.74) is 0. The van der Waals surface area contributed by atoms with Gasteiger partial charge in [0.1, 0.15) is 0 Å². The first kappa shape index (κ1) is 34.2. The Balaban J connectivity index is -0.000000512. The third kappa shape index (κ3) is 39.6. The molecule has 0 unspecified atom stereocenters. The van der Waals surface area contributed by atoms with E-state index in [1.165, 1.54) is 65.2 Å². The summed E-state index contributed by atoms with van der Waals surface area (Å²) in [4.78, 5) is 9.84. The fourth-order valence-corrected chi connectivity index (χ4v) is 2.35. The number of hydrogen-bond acceptors (Lipinski definition) is 12. The Morgan fingerprint density at radius 2 is 0.552 bits per heavy atom. The van der Waals surface area contributed by atoms with Crippen LogP contribution in [-0.4, -0.2) is 100 Å². The van der Waals surface area contributed by atoms with Crippen LogP contribution in [0.1, 0.15) is 12.8 Å². The van der Waals surface area contributed by atoms with E-state index in [-0.39, 0.29) is 17.1 Å². The van der Waals surface area contributed by atoms with Crippen molar-refractivity contribution in [3.63, 3.8) is 0 Å². The maximum absolute atomic E-state index is 8.49. The summed E-state index contributed by atoms with van der Waals surface area (Å²) in [5, 5.41) is 0. The Hall–Kier alpha value is 0.619. The minimum atomic E-state index is -4.94. The minimum Gasteiger partial charge on any atom is -0.305 e. The Labute approximate surface area is 187 Å². The average Bonchev–Trinajstić information content (AvgIpc) is 2.47. The topological polar surface area (TPSA) is 197 Å². The van der Waals surface area contributed by atoms with Gasteiger partial charge in [0.05, 0.1) is 0 Å². The van der Waals surface area contributed by atoms with Crippen molar-refractivity contribution in [2.75, 3.05) is 80.5 Å². The average molecular weight is 519 g/mol. The summed E-state index contributed by atoms with van der Waals surface area (Å²) in [5.74, 6) is 0. The quantitative estimate of drug-likeness (QED) is 0.275. The molecule has 1 aliphatic heterocycles. The second-order valence-corrected chi connectivity index (χ2v) is 8.19. The van der Waals surface area contributed by atoms with Crippen LogP contribution in [0, 0.1) is 20.5 Å². The van der Waals surface area contributed by atoms with E-state index in [1.54, 1.807) is 0 Å². The Morgan fingerprint density at radius 3 is 0.690 bits per heavy atom. The van der Waals surface area contributed by atoms with Crippen LogP contribution in [0.2, 0.25) is 0 Å². The van der Waals surface area contributed by atoms with Crippen LogP contribution in [0.25, 0.3) is 0 Å². The van der Waals surface area contributed by atoms with Crippen molar-refractivity contribution in [2.45, 2.75) is 12.8 Å². The van der Waals surface area contributed by atoms with Crippen molar-refractivity contribution in [1.82, 2.24) is 19.6 Å². The first-order chi connectivity index (χ1) is 12.6. The third-order valence-corrected chi connectivity index (χ3v) is 3.89.